The van der Waals surface area contributed by atoms with E-state index in [9.17, 15) is 10.1 Å². The maximum Gasteiger partial charge on any atom is 0.145 e. The predicted octanol–water partition coefficient (Wildman–Crippen LogP) is 1.22. The lowest BCUT2D eigenvalue weighted by atomic mass is 9.64. The van der Waals surface area contributed by atoms with Gasteiger partial charge in [-0.25, -0.2) is 0 Å². The third kappa shape index (κ3) is 1.62. The van der Waals surface area contributed by atoms with Crippen molar-refractivity contribution in [2.75, 3.05) is 14.2 Å². The van der Waals surface area contributed by atoms with Crippen LogP contribution in [0.25, 0.3) is 0 Å². The van der Waals surface area contributed by atoms with Crippen molar-refractivity contribution >= 4 is 5.78 Å². The van der Waals surface area contributed by atoms with Crippen LogP contribution >= 0.6 is 0 Å². The highest BCUT2D eigenvalue weighted by Crippen LogP contribution is 2.48. The third-order valence-electron chi connectivity index (χ3n) is 3.01. The number of nitrogens with zero attached hydrogens (tertiary/aromatic N) is 2. The van der Waals surface area contributed by atoms with Gasteiger partial charge in [0.1, 0.15) is 22.7 Å². The zero-order chi connectivity index (χ0) is 12.5. The van der Waals surface area contributed by atoms with Gasteiger partial charge in [-0.15, -0.1) is 0 Å². The monoisotopic (exact) mass is 232 g/mol. The molecular formula is C12H12N2O3. The van der Waals surface area contributed by atoms with Crippen LogP contribution in [0.2, 0.25) is 0 Å². The Balaban J connectivity index is 2.57. The van der Waals surface area contributed by atoms with Crippen LogP contribution in [0, 0.1) is 11.3 Å². The van der Waals surface area contributed by atoms with Crippen molar-refractivity contribution < 1.29 is 14.3 Å². The molecule has 88 valence electrons. The minimum Gasteiger partial charge on any atom is -0.495 e. The van der Waals surface area contributed by atoms with Crippen molar-refractivity contribution in [1.82, 2.24) is 4.98 Å². The molecule has 1 saturated carbocycles. The van der Waals surface area contributed by atoms with Gasteiger partial charge in [-0.3, -0.25) is 9.78 Å². The average Bonchev–Trinajstić information content (AvgIpc) is 2.33. The number of aromatic nitrogens is 1. The standard InChI is InChI=1S/C12H12N2O3/c1-16-9-5-14-6-10(17-2)11(9)12(7-13)3-8(15)4-12/h5-6H,3-4H2,1-2H3. The summed E-state index contributed by atoms with van der Waals surface area (Å²) in [7, 11) is 3.01. The minimum atomic E-state index is -0.823. The average molecular weight is 232 g/mol. The Morgan fingerprint density at radius 2 is 1.82 bits per heavy atom. The van der Waals surface area contributed by atoms with Crippen LogP contribution in [0.4, 0.5) is 0 Å². The van der Waals surface area contributed by atoms with E-state index in [1.54, 1.807) is 0 Å². The van der Waals surface area contributed by atoms with Gasteiger partial charge < -0.3 is 9.47 Å². The van der Waals surface area contributed by atoms with Crippen LogP contribution in [0.15, 0.2) is 12.4 Å². The van der Waals surface area contributed by atoms with Crippen LogP contribution in [0.1, 0.15) is 18.4 Å². The molecule has 0 aliphatic heterocycles. The van der Waals surface area contributed by atoms with Crippen LogP contribution < -0.4 is 9.47 Å². The van der Waals surface area contributed by atoms with E-state index in [-0.39, 0.29) is 18.6 Å². The number of nitriles is 1. The van der Waals surface area contributed by atoms with E-state index >= 15 is 0 Å². The Morgan fingerprint density at radius 3 is 2.18 bits per heavy atom. The second-order valence-corrected chi connectivity index (χ2v) is 4.01. The summed E-state index contributed by atoms with van der Waals surface area (Å²) in [6.45, 7) is 0. The SMILES string of the molecule is COc1cncc(OC)c1C1(C#N)CC(=O)C1. The van der Waals surface area contributed by atoms with E-state index in [0.717, 1.165) is 0 Å². The molecule has 2 rings (SSSR count). The minimum absolute atomic E-state index is 0.0764. The Morgan fingerprint density at radius 1 is 1.29 bits per heavy atom. The Bertz CT molecular complexity index is 475. The first-order valence-electron chi connectivity index (χ1n) is 5.16. The molecule has 0 N–H and O–H groups in total. The summed E-state index contributed by atoms with van der Waals surface area (Å²) in [5.41, 5.74) is -0.198. The molecule has 5 nitrogen and oxygen atoms in total. The molecule has 1 fully saturated rings. The first-order chi connectivity index (χ1) is 8.16. The number of hydrogen-bond donors (Lipinski definition) is 0. The Kier molecular flexibility index (Phi) is 2.72. The maximum absolute atomic E-state index is 11.2. The van der Waals surface area contributed by atoms with Gasteiger partial charge >= 0.3 is 0 Å². The molecule has 1 aliphatic carbocycles. The fraction of sp³-hybridized carbons (Fsp3) is 0.417. The highest BCUT2D eigenvalue weighted by atomic mass is 16.5. The van der Waals surface area contributed by atoms with E-state index in [2.05, 4.69) is 11.1 Å². The van der Waals surface area contributed by atoms with E-state index in [4.69, 9.17) is 9.47 Å². The van der Waals surface area contributed by atoms with Gasteiger partial charge in [-0.1, -0.05) is 0 Å². The molecule has 1 aromatic heterocycles. The highest BCUT2D eigenvalue weighted by Gasteiger charge is 2.49. The van der Waals surface area contributed by atoms with Gasteiger partial charge in [0, 0.05) is 12.8 Å². The number of rotatable bonds is 3. The number of Topliss-reactive ketones (excluding diaryl/α,β-unsaturated/α-hetero) is 1. The third-order valence-corrected chi connectivity index (χ3v) is 3.01. The summed E-state index contributed by atoms with van der Waals surface area (Å²) in [5.74, 6) is 1.05. The molecule has 0 atom stereocenters. The topological polar surface area (TPSA) is 72.2 Å². The fourth-order valence-electron chi connectivity index (χ4n) is 2.14. The molecule has 1 aromatic rings. The molecule has 0 bridgehead atoms. The van der Waals surface area contributed by atoms with Crippen molar-refractivity contribution in [3.8, 4) is 17.6 Å². The van der Waals surface area contributed by atoms with Crippen LogP contribution in [0.3, 0.4) is 0 Å². The summed E-state index contributed by atoms with van der Waals surface area (Å²) < 4.78 is 10.4. The molecule has 1 aliphatic rings. The van der Waals surface area contributed by atoms with Gasteiger partial charge in [0.05, 0.1) is 38.2 Å². The molecular weight excluding hydrogens is 220 g/mol. The fourth-order valence-corrected chi connectivity index (χ4v) is 2.14. The van der Waals surface area contributed by atoms with E-state index in [1.165, 1.54) is 26.6 Å². The summed E-state index contributed by atoms with van der Waals surface area (Å²) in [6.07, 6.45) is 3.47. The number of carbonyl (C=O) groups is 1. The predicted molar refractivity (Wildman–Crippen MR) is 58.9 cm³/mol. The summed E-state index contributed by atoms with van der Waals surface area (Å²) >= 11 is 0. The summed E-state index contributed by atoms with van der Waals surface area (Å²) in [6, 6.07) is 2.20. The Hall–Kier alpha value is -2.09. The second kappa shape index (κ2) is 4.06. The van der Waals surface area contributed by atoms with Crippen LogP contribution in [-0.2, 0) is 10.2 Å². The van der Waals surface area contributed by atoms with Crippen LogP contribution in [-0.4, -0.2) is 25.0 Å². The molecule has 5 heteroatoms. The lowest BCUT2D eigenvalue weighted by molar-refractivity contribution is -0.126. The first-order valence-corrected chi connectivity index (χ1v) is 5.16. The first kappa shape index (κ1) is 11.4. The number of ketones is 1. The number of pyridine rings is 1. The molecule has 0 unspecified atom stereocenters. The molecule has 0 spiro atoms. The van der Waals surface area contributed by atoms with E-state index in [1.807, 2.05) is 0 Å². The second-order valence-electron chi connectivity index (χ2n) is 4.01. The largest absolute Gasteiger partial charge is 0.495 e. The van der Waals surface area contributed by atoms with Gasteiger partial charge in [0.15, 0.2) is 0 Å². The molecule has 0 saturated heterocycles. The van der Waals surface area contributed by atoms with Gasteiger partial charge in [0.25, 0.3) is 0 Å². The van der Waals surface area contributed by atoms with Gasteiger partial charge in [0.2, 0.25) is 0 Å². The quantitative estimate of drug-likeness (QED) is 0.783. The van der Waals surface area contributed by atoms with Crippen molar-refractivity contribution in [3.63, 3.8) is 0 Å². The number of ether oxygens (including phenoxy) is 2. The van der Waals surface area contributed by atoms with E-state index < -0.39 is 5.41 Å². The van der Waals surface area contributed by atoms with Crippen molar-refractivity contribution in [2.24, 2.45) is 0 Å². The number of methoxy groups -OCH3 is 2. The smallest absolute Gasteiger partial charge is 0.145 e. The molecule has 0 radical (unpaired) electrons. The lowest BCUT2D eigenvalue weighted by Gasteiger charge is -2.35. The molecule has 17 heavy (non-hydrogen) atoms. The van der Waals surface area contributed by atoms with E-state index in [0.29, 0.717) is 17.1 Å². The normalized spacial score (nSPS) is 16.9. The molecule has 0 amide bonds. The molecule has 0 aromatic carbocycles. The zero-order valence-electron chi connectivity index (χ0n) is 9.69. The Labute approximate surface area is 99.0 Å². The highest BCUT2D eigenvalue weighted by molar-refractivity contribution is 5.91. The molecule has 1 heterocycles. The van der Waals surface area contributed by atoms with Gasteiger partial charge in [-0.2, -0.15) is 5.26 Å². The summed E-state index contributed by atoms with van der Waals surface area (Å²) in [5, 5.41) is 9.31. The zero-order valence-corrected chi connectivity index (χ0v) is 9.69. The number of carbonyl (C=O) groups excluding carboxylic acids is 1. The summed E-state index contributed by atoms with van der Waals surface area (Å²) in [4.78, 5) is 15.2. The number of hydrogen-bond acceptors (Lipinski definition) is 5. The maximum atomic E-state index is 11.2. The van der Waals surface area contributed by atoms with Crippen molar-refractivity contribution in [2.45, 2.75) is 18.3 Å². The van der Waals surface area contributed by atoms with Crippen molar-refractivity contribution in [3.05, 3.63) is 18.0 Å². The van der Waals surface area contributed by atoms with Gasteiger partial charge in [-0.05, 0) is 0 Å². The lowest BCUT2D eigenvalue weighted by Crippen LogP contribution is -2.41. The van der Waals surface area contributed by atoms with Crippen molar-refractivity contribution in [1.29, 1.82) is 5.26 Å². The van der Waals surface area contributed by atoms with Crippen LogP contribution in [0.5, 0.6) is 11.5 Å².